The summed E-state index contributed by atoms with van der Waals surface area (Å²) in [6.07, 6.45) is 10.4. The molecular weight excluding hydrogens is 324 g/mol. The Balaban J connectivity index is 1.85. The first-order valence-corrected chi connectivity index (χ1v) is 9.83. The number of nitrogens with one attached hydrogen (secondary N) is 1. The number of aromatic amines is 1. The maximum absolute atomic E-state index is 12.0. The van der Waals surface area contributed by atoms with E-state index in [1.165, 1.54) is 49.5 Å². The Morgan fingerprint density at radius 3 is 2.25 bits per heavy atom. The first kappa shape index (κ1) is 18.8. The summed E-state index contributed by atoms with van der Waals surface area (Å²) in [5.41, 5.74) is 0.104. The fourth-order valence-electron chi connectivity index (χ4n) is 2.82. The Morgan fingerprint density at radius 2 is 1.58 bits per heavy atom. The molecule has 0 saturated heterocycles. The van der Waals surface area contributed by atoms with Crippen LogP contribution in [0.2, 0.25) is 0 Å². The second-order valence-corrected chi connectivity index (χ2v) is 7.33. The zero-order chi connectivity index (χ0) is 17.5. The molecule has 2 rings (SSSR count). The van der Waals surface area contributed by atoms with E-state index in [0.717, 1.165) is 17.3 Å². The van der Waals surface area contributed by atoms with Crippen LogP contribution in [-0.4, -0.2) is 24.9 Å². The van der Waals surface area contributed by atoms with Crippen molar-refractivity contribution in [1.29, 1.82) is 0 Å². The van der Waals surface area contributed by atoms with Crippen LogP contribution < -0.4 is 11.2 Å². The minimum Gasteiger partial charge on any atom is -0.316 e. The van der Waals surface area contributed by atoms with Gasteiger partial charge in [-0.05, 0) is 6.42 Å². The highest BCUT2D eigenvalue weighted by molar-refractivity contribution is 7.99. The number of thioether (sulfide) groups is 1. The van der Waals surface area contributed by atoms with Crippen molar-refractivity contribution in [2.75, 3.05) is 5.75 Å². The van der Waals surface area contributed by atoms with E-state index in [1.54, 1.807) is 23.4 Å². The molecule has 0 unspecified atom stereocenters. The van der Waals surface area contributed by atoms with Crippen molar-refractivity contribution in [3.8, 4) is 0 Å². The van der Waals surface area contributed by atoms with Crippen molar-refractivity contribution in [3.63, 3.8) is 0 Å². The quantitative estimate of drug-likeness (QED) is 0.526. The van der Waals surface area contributed by atoms with E-state index in [4.69, 9.17) is 0 Å². The van der Waals surface area contributed by atoms with Gasteiger partial charge in [0.25, 0.3) is 5.56 Å². The zero-order valence-corrected chi connectivity index (χ0v) is 15.7. The third kappa shape index (κ3) is 4.53. The molecular formula is C17H28N4O2S. The van der Waals surface area contributed by atoms with Gasteiger partial charge in [-0.1, -0.05) is 63.6 Å². The van der Waals surface area contributed by atoms with E-state index >= 15 is 0 Å². The molecule has 0 fully saturated rings. The van der Waals surface area contributed by atoms with Gasteiger partial charge in [-0.25, -0.2) is 9.78 Å². The second-order valence-electron chi connectivity index (χ2n) is 6.27. The Kier molecular flexibility index (Phi) is 7.15. The van der Waals surface area contributed by atoms with E-state index in [1.807, 2.05) is 7.05 Å². The lowest BCUT2D eigenvalue weighted by Gasteiger charge is -2.03. The fourth-order valence-corrected chi connectivity index (χ4v) is 3.78. The summed E-state index contributed by atoms with van der Waals surface area (Å²) in [5.74, 6) is 0.984. The molecule has 0 aliphatic carbocycles. The Morgan fingerprint density at radius 1 is 0.958 bits per heavy atom. The lowest BCUT2D eigenvalue weighted by Crippen LogP contribution is -2.29. The largest absolute Gasteiger partial charge is 0.329 e. The number of aryl methyl sites for hydroxylation is 2. The number of H-pyrrole nitrogens is 1. The fraction of sp³-hybridized carbons (Fsp3) is 0.706. The lowest BCUT2D eigenvalue weighted by atomic mass is 10.1. The molecule has 0 saturated carbocycles. The molecule has 0 aliphatic heterocycles. The van der Waals surface area contributed by atoms with Crippen LogP contribution in [0.25, 0.3) is 11.2 Å². The predicted molar refractivity (Wildman–Crippen MR) is 99.9 cm³/mol. The van der Waals surface area contributed by atoms with Crippen LogP contribution in [0, 0.1) is 0 Å². The summed E-state index contributed by atoms with van der Waals surface area (Å²) in [7, 11) is 3.45. The molecule has 24 heavy (non-hydrogen) atoms. The molecule has 6 nitrogen and oxygen atoms in total. The van der Waals surface area contributed by atoms with Crippen LogP contribution >= 0.6 is 11.8 Å². The van der Waals surface area contributed by atoms with E-state index in [2.05, 4.69) is 16.9 Å². The number of fused-ring (bicyclic) bond motifs is 1. The average molecular weight is 353 g/mol. The monoisotopic (exact) mass is 352 g/mol. The topological polar surface area (TPSA) is 72.7 Å². The van der Waals surface area contributed by atoms with Gasteiger partial charge >= 0.3 is 5.69 Å². The molecule has 2 heterocycles. The van der Waals surface area contributed by atoms with E-state index in [0.29, 0.717) is 11.2 Å². The van der Waals surface area contributed by atoms with Gasteiger partial charge in [0.05, 0.1) is 0 Å². The van der Waals surface area contributed by atoms with Crippen LogP contribution in [-0.2, 0) is 14.1 Å². The number of hydrogen-bond donors (Lipinski definition) is 1. The summed E-state index contributed by atoms with van der Waals surface area (Å²) < 4.78 is 3.17. The summed E-state index contributed by atoms with van der Waals surface area (Å²) in [4.78, 5) is 30.4. The molecule has 0 spiro atoms. The molecule has 0 atom stereocenters. The third-order valence-electron chi connectivity index (χ3n) is 4.32. The maximum atomic E-state index is 12.0. The highest BCUT2D eigenvalue weighted by Crippen LogP contribution is 2.21. The molecule has 134 valence electrons. The van der Waals surface area contributed by atoms with Crippen molar-refractivity contribution in [3.05, 3.63) is 20.8 Å². The van der Waals surface area contributed by atoms with Gasteiger partial charge < -0.3 is 4.57 Å². The van der Waals surface area contributed by atoms with Gasteiger partial charge in [0.1, 0.15) is 0 Å². The van der Waals surface area contributed by atoms with Crippen LogP contribution in [0.15, 0.2) is 14.7 Å². The van der Waals surface area contributed by atoms with E-state index in [-0.39, 0.29) is 5.56 Å². The maximum Gasteiger partial charge on any atom is 0.329 e. The average Bonchev–Trinajstić information content (AvgIpc) is 2.89. The first-order valence-electron chi connectivity index (χ1n) is 8.84. The van der Waals surface area contributed by atoms with E-state index in [9.17, 15) is 9.59 Å². The smallest absolute Gasteiger partial charge is 0.316 e. The van der Waals surface area contributed by atoms with Gasteiger partial charge in [0.2, 0.25) is 0 Å². The summed E-state index contributed by atoms with van der Waals surface area (Å²) >= 11 is 1.65. The molecule has 0 amide bonds. The molecule has 0 aliphatic rings. The zero-order valence-electron chi connectivity index (χ0n) is 14.9. The molecule has 2 aromatic rings. The molecule has 2 aromatic heterocycles. The highest BCUT2D eigenvalue weighted by atomic mass is 32.2. The number of unbranched alkanes of at least 4 members (excludes halogenated alkanes) is 7. The first-order chi connectivity index (χ1) is 11.6. The normalized spacial score (nSPS) is 11.5. The SMILES string of the molecule is CCCCCCCCCCSc1nc2c(c(=O)[nH]c(=O)n2C)n1C. The summed E-state index contributed by atoms with van der Waals surface area (Å²) in [6.45, 7) is 2.24. The summed E-state index contributed by atoms with van der Waals surface area (Å²) in [5, 5.41) is 0.791. The molecule has 0 bridgehead atoms. The molecule has 0 radical (unpaired) electrons. The number of nitrogens with zero attached hydrogens (tertiary/aromatic N) is 3. The van der Waals surface area contributed by atoms with Crippen molar-refractivity contribution in [1.82, 2.24) is 19.1 Å². The van der Waals surface area contributed by atoms with Gasteiger partial charge in [-0.3, -0.25) is 14.3 Å². The number of aromatic nitrogens is 4. The van der Waals surface area contributed by atoms with Crippen LogP contribution in [0.5, 0.6) is 0 Å². The number of imidazole rings is 1. The van der Waals surface area contributed by atoms with E-state index < -0.39 is 5.69 Å². The standard InChI is InChI=1S/C17H28N4O2S/c1-4-5-6-7-8-9-10-11-12-24-17-18-14-13(20(17)2)15(22)19-16(23)21(14)3/h4-12H2,1-3H3,(H,19,22,23). The Hall–Kier alpha value is -1.50. The van der Waals surface area contributed by atoms with Crippen LogP contribution in [0.4, 0.5) is 0 Å². The van der Waals surface area contributed by atoms with Crippen LogP contribution in [0.1, 0.15) is 58.3 Å². The molecule has 0 aromatic carbocycles. The van der Waals surface area contributed by atoms with Crippen molar-refractivity contribution >= 4 is 22.9 Å². The minimum absolute atomic E-state index is 0.373. The second kappa shape index (κ2) is 9.11. The minimum atomic E-state index is -0.426. The summed E-state index contributed by atoms with van der Waals surface area (Å²) in [6, 6.07) is 0. The lowest BCUT2D eigenvalue weighted by molar-refractivity contribution is 0.586. The Bertz CT molecular complexity index is 775. The predicted octanol–water partition coefficient (Wildman–Crippen LogP) is 3.19. The van der Waals surface area contributed by atoms with Crippen molar-refractivity contribution in [2.45, 2.75) is 63.4 Å². The van der Waals surface area contributed by atoms with Crippen molar-refractivity contribution in [2.24, 2.45) is 14.1 Å². The van der Waals surface area contributed by atoms with Gasteiger partial charge in [-0.2, -0.15) is 0 Å². The molecule has 1 N–H and O–H groups in total. The highest BCUT2D eigenvalue weighted by Gasteiger charge is 2.14. The number of hydrogen-bond acceptors (Lipinski definition) is 4. The number of rotatable bonds is 10. The van der Waals surface area contributed by atoms with Gasteiger partial charge in [-0.15, -0.1) is 0 Å². The molecule has 7 heteroatoms. The third-order valence-corrected chi connectivity index (χ3v) is 5.44. The van der Waals surface area contributed by atoms with Crippen molar-refractivity contribution < 1.29 is 0 Å². The van der Waals surface area contributed by atoms with Gasteiger partial charge in [0, 0.05) is 19.8 Å². The van der Waals surface area contributed by atoms with Gasteiger partial charge in [0.15, 0.2) is 16.3 Å². The Labute approximate surface area is 146 Å². The van der Waals surface area contributed by atoms with Crippen LogP contribution in [0.3, 0.4) is 0 Å².